The van der Waals surface area contributed by atoms with Crippen molar-refractivity contribution in [2.24, 2.45) is 0 Å². The highest BCUT2D eigenvalue weighted by Gasteiger charge is 2.13. The van der Waals surface area contributed by atoms with E-state index in [2.05, 4.69) is 10.1 Å². The molecule has 0 fully saturated rings. The van der Waals surface area contributed by atoms with Crippen LogP contribution >= 0.6 is 11.3 Å². The van der Waals surface area contributed by atoms with Crippen LogP contribution in [0.2, 0.25) is 0 Å². The number of anilines is 1. The van der Waals surface area contributed by atoms with Crippen molar-refractivity contribution < 1.29 is 9.59 Å². The van der Waals surface area contributed by atoms with Crippen molar-refractivity contribution in [3.05, 3.63) is 65.4 Å². The number of hydrogen-bond acceptors (Lipinski definition) is 5. The van der Waals surface area contributed by atoms with E-state index >= 15 is 0 Å². The number of carbonyl (C=O) groups is 2. The van der Waals surface area contributed by atoms with E-state index in [1.54, 1.807) is 34.1 Å². The molecule has 6 nitrogen and oxygen atoms in total. The second kappa shape index (κ2) is 7.88. The Morgan fingerprint density at radius 2 is 2.08 bits per heavy atom. The first-order valence-corrected chi connectivity index (χ1v) is 9.03. The third-order valence-electron chi connectivity index (χ3n) is 3.76. The fourth-order valence-electron chi connectivity index (χ4n) is 2.51. The first kappa shape index (κ1) is 17.8. The SMILES string of the molecule is CCN(C(C)=O)c1nc(/C=C\C(=O)c2ccccc2-n2cccn2)cs1. The van der Waals surface area contributed by atoms with Crippen LogP contribution in [-0.2, 0) is 4.79 Å². The minimum Gasteiger partial charge on any atom is -0.289 e. The Bertz CT molecular complexity index is 944. The minimum atomic E-state index is -0.135. The molecule has 0 radical (unpaired) electrons. The normalized spacial score (nSPS) is 11.0. The quantitative estimate of drug-likeness (QED) is 0.494. The predicted molar refractivity (Wildman–Crippen MR) is 103 cm³/mol. The molecule has 7 heteroatoms. The van der Waals surface area contributed by atoms with Gasteiger partial charge in [0.25, 0.3) is 0 Å². The first-order valence-electron chi connectivity index (χ1n) is 8.15. The molecule has 26 heavy (non-hydrogen) atoms. The number of amides is 1. The van der Waals surface area contributed by atoms with Crippen LogP contribution in [0.1, 0.15) is 29.9 Å². The monoisotopic (exact) mass is 366 g/mol. The lowest BCUT2D eigenvalue weighted by atomic mass is 10.1. The van der Waals surface area contributed by atoms with Crippen LogP contribution in [0.4, 0.5) is 5.13 Å². The van der Waals surface area contributed by atoms with Gasteiger partial charge in [0.2, 0.25) is 5.91 Å². The molecule has 0 unspecified atom stereocenters. The molecular formula is C19H18N4O2S. The number of benzene rings is 1. The van der Waals surface area contributed by atoms with Gasteiger partial charge in [-0.05, 0) is 37.3 Å². The molecule has 0 aliphatic rings. The van der Waals surface area contributed by atoms with Crippen molar-refractivity contribution in [3.8, 4) is 5.69 Å². The fraction of sp³-hybridized carbons (Fsp3) is 0.158. The van der Waals surface area contributed by atoms with Gasteiger partial charge in [0.15, 0.2) is 10.9 Å². The Balaban J connectivity index is 1.81. The molecule has 0 saturated carbocycles. The standard InChI is InChI=1S/C19H18N4O2S/c1-3-22(14(2)24)19-21-15(13-26-19)9-10-18(25)16-7-4-5-8-17(16)23-12-6-11-20-23/h4-13H,3H2,1-2H3/b10-9-. The van der Waals surface area contributed by atoms with Gasteiger partial charge in [-0.15, -0.1) is 11.3 Å². The van der Waals surface area contributed by atoms with Gasteiger partial charge in [-0.3, -0.25) is 14.5 Å². The maximum absolute atomic E-state index is 12.6. The van der Waals surface area contributed by atoms with Gasteiger partial charge in [-0.25, -0.2) is 9.67 Å². The molecular weight excluding hydrogens is 348 g/mol. The fourth-order valence-corrected chi connectivity index (χ4v) is 3.41. The molecule has 0 aliphatic carbocycles. The summed E-state index contributed by atoms with van der Waals surface area (Å²) in [5.41, 5.74) is 1.93. The van der Waals surface area contributed by atoms with Gasteiger partial charge in [0, 0.05) is 36.8 Å². The Morgan fingerprint density at radius 1 is 1.27 bits per heavy atom. The number of ketones is 1. The second-order valence-corrected chi connectivity index (χ2v) is 6.32. The lowest BCUT2D eigenvalue weighted by Crippen LogP contribution is -2.27. The lowest BCUT2D eigenvalue weighted by Gasteiger charge is -2.14. The van der Waals surface area contributed by atoms with E-state index in [1.807, 2.05) is 36.6 Å². The summed E-state index contributed by atoms with van der Waals surface area (Å²) in [6.45, 7) is 3.96. The average molecular weight is 366 g/mol. The second-order valence-electron chi connectivity index (χ2n) is 5.48. The summed E-state index contributed by atoms with van der Waals surface area (Å²) >= 11 is 1.38. The Morgan fingerprint density at radius 3 is 2.77 bits per heavy atom. The maximum Gasteiger partial charge on any atom is 0.225 e. The van der Waals surface area contributed by atoms with Crippen molar-refractivity contribution in [1.82, 2.24) is 14.8 Å². The van der Waals surface area contributed by atoms with Crippen molar-refractivity contribution in [3.63, 3.8) is 0 Å². The zero-order chi connectivity index (χ0) is 18.5. The van der Waals surface area contributed by atoms with E-state index in [9.17, 15) is 9.59 Å². The predicted octanol–water partition coefficient (Wildman–Crippen LogP) is 3.60. The van der Waals surface area contributed by atoms with Crippen molar-refractivity contribution >= 4 is 34.2 Å². The smallest absolute Gasteiger partial charge is 0.225 e. The Kier molecular flexibility index (Phi) is 5.38. The molecule has 0 atom stereocenters. The number of nitrogens with zero attached hydrogens (tertiary/aromatic N) is 4. The lowest BCUT2D eigenvalue weighted by molar-refractivity contribution is -0.116. The van der Waals surface area contributed by atoms with Gasteiger partial charge in [0.05, 0.1) is 11.4 Å². The summed E-state index contributed by atoms with van der Waals surface area (Å²) in [6.07, 6.45) is 6.62. The number of aromatic nitrogens is 3. The zero-order valence-electron chi connectivity index (χ0n) is 14.5. The molecule has 0 saturated heterocycles. The number of rotatable bonds is 6. The van der Waals surface area contributed by atoms with E-state index in [0.717, 1.165) is 5.69 Å². The Labute approximate surface area is 155 Å². The molecule has 3 rings (SSSR count). The molecule has 132 valence electrons. The summed E-state index contributed by atoms with van der Waals surface area (Å²) < 4.78 is 1.66. The van der Waals surface area contributed by atoms with E-state index in [1.165, 1.54) is 24.3 Å². The van der Waals surface area contributed by atoms with Gasteiger partial charge < -0.3 is 0 Å². The van der Waals surface area contributed by atoms with Gasteiger partial charge >= 0.3 is 0 Å². The molecule has 2 heterocycles. The van der Waals surface area contributed by atoms with E-state index < -0.39 is 0 Å². The molecule has 2 aromatic heterocycles. The number of para-hydroxylation sites is 1. The molecule has 0 N–H and O–H groups in total. The largest absolute Gasteiger partial charge is 0.289 e. The molecule has 0 aliphatic heterocycles. The van der Waals surface area contributed by atoms with Crippen LogP contribution in [0.15, 0.2) is 54.2 Å². The van der Waals surface area contributed by atoms with Crippen LogP contribution in [0.5, 0.6) is 0 Å². The number of hydrogen-bond donors (Lipinski definition) is 0. The molecule has 3 aromatic rings. The number of allylic oxidation sites excluding steroid dienone is 1. The van der Waals surface area contributed by atoms with Crippen LogP contribution in [0.25, 0.3) is 11.8 Å². The highest BCUT2D eigenvalue weighted by Crippen LogP contribution is 2.22. The highest BCUT2D eigenvalue weighted by atomic mass is 32.1. The number of thiazole rings is 1. The molecule has 0 bridgehead atoms. The summed E-state index contributed by atoms with van der Waals surface area (Å²) in [4.78, 5) is 30.2. The molecule has 0 spiro atoms. The molecule has 1 amide bonds. The van der Waals surface area contributed by atoms with Crippen molar-refractivity contribution in [2.75, 3.05) is 11.4 Å². The Hall–Kier alpha value is -3.06. The third-order valence-corrected chi connectivity index (χ3v) is 4.65. The van der Waals surface area contributed by atoms with Crippen LogP contribution in [-0.4, -0.2) is 33.0 Å². The van der Waals surface area contributed by atoms with Crippen LogP contribution in [0.3, 0.4) is 0 Å². The van der Waals surface area contributed by atoms with E-state index in [4.69, 9.17) is 0 Å². The number of carbonyl (C=O) groups excluding carboxylic acids is 2. The summed E-state index contributed by atoms with van der Waals surface area (Å²) in [5, 5.41) is 6.64. The average Bonchev–Trinajstić information content (AvgIpc) is 3.32. The van der Waals surface area contributed by atoms with Crippen molar-refractivity contribution in [1.29, 1.82) is 0 Å². The van der Waals surface area contributed by atoms with Crippen LogP contribution in [0, 0.1) is 0 Å². The highest BCUT2D eigenvalue weighted by molar-refractivity contribution is 7.14. The summed E-state index contributed by atoms with van der Waals surface area (Å²) in [5.74, 6) is -0.189. The first-order chi connectivity index (χ1) is 12.6. The minimum absolute atomic E-state index is 0.0541. The topological polar surface area (TPSA) is 68.1 Å². The maximum atomic E-state index is 12.6. The van der Waals surface area contributed by atoms with E-state index in [0.29, 0.717) is 22.9 Å². The van der Waals surface area contributed by atoms with Crippen molar-refractivity contribution in [2.45, 2.75) is 13.8 Å². The third kappa shape index (κ3) is 3.78. The van der Waals surface area contributed by atoms with E-state index in [-0.39, 0.29) is 11.7 Å². The van der Waals surface area contributed by atoms with Crippen LogP contribution < -0.4 is 4.90 Å². The van der Waals surface area contributed by atoms with Gasteiger partial charge in [-0.1, -0.05) is 12.1 Å². The summed E-state index contributed by atoms with van der Waals surface area (Å²) in [7, 11) is 0. The zero-order valence-corrected chi connectivity index (χ0v) is 15.3. The van der Waals surface area contributed by atoms with Gasteiger partial charge in [-0.2, -0.15) is 5.10 Å². The van der Waals surface area contributed by atoms with Gasteiger partial charge in [0.1, 0.15) is 0 Å². The summed E-state index contributed by atoms with van der Waals surface area (Å²) in [6, 6.07) is 9.11. The molecule has 1 aromatic carbocycles.